The number of benzene rings is 1. The number of fused-ring (bicyclic) bond motifs is 1. The summed E-state index contributed by atoms with van der Waals surface area (Å²) in [7, 11) is 0. The maximum absolute atomic E-state index is 8.65. The topological polar surface area (TPSA) is 85.1 Å². The van der Waals surface area contributed by atoms with Crippen molar-refractivity contribution >= 4 is 22.1 Å². The van der Waals surface area contributed by atoms with Crippen LogP contribution in [0.5, 0.6) is 5.75 Å². The van der Waals surface area contributed by atoms with E-state index in [4.69, 9.17) is 15.7 Å². The third-order valence-electron chi connectivity index (χ3n) is 2.77. The van der Waals surface area contributed by atoms with E-state index >= 15 is 0 Å². The highest BCUT2D eigenvalue weighted by atomic mass is 32.1. The van der Waals surface area contributed by atoms with Crippen LogP contribution in [0, 0.1) is 0 Å². The summed E-state index contributed by atoms with van der Waals surface area (Å²) in [5, 5.41) is 13.6. The average molecular weight is 288 g/mol. The molecule has 0 radical (unpaired) electrons. The molecule has 0 unspecified atom stereocenters. The Morgan fingerprint density at radius 2 is 2.40 bits per heavy atom. The van der Waals surface area contributed by atoms with Gasteiger partial charge in [0.2, 0.25) is 0 Å². The van der Waals surface area contributed by atoms with Gasteiger partial charge in [0, 0.05) is 23.3 Å². The van der Waals surface area contributed by atoms with E-state index in [1.165, 1.54) is 0 Å². The van der Waals surface area contributed by atoms with Crippen molar-refractivity contribution in [2.75, 3.05) is 0 Å². The fraction of sp³-hybridized carbons (Fsp3) is 0.0769. The molecule has 3 N–H and O–H groups in total. The lowest BCUT2D eigenvalue weighted by molar-refractivity contribution is 0.302. The van der Waals surface area contributed by atoms with Gasteiger partial charge in [-0.3, -0.25) is 4.40 Å². The maximum Gasteiger partial charge on any atom is 0.193 e. The monoisotopic (exact) mass is 288 g/mol. The number of imidazole rings is 1. The number of nitrogens with zero attached hydrogens (tertiary/aromatic N) is 3. The third-order valence-corrected chi connectivity index (χ3v) is 3.54. The van der Waals surface area contributed by atoms with E-state index in [1.807, 2.05) is 28.2 Å². The molecule has 102 valence electrons. The van der Waals surface area contributed by atoms with E-state index in [0.717, 1.165) is 10.7 Å². The van der Waals surface area contributed by atoms with Crippen molar-refractivity contribution in [3.63, 3.8) is 0 Å². The van der Waals surface area contributed by atoms with E-state index in [2.05, 4.69) is 10.1 Å². The summed E-state index contributed by atoms with van der Waals surface area (Å²) in [5.74, 6) is 0.698. The van der Waals surface area contributed by atoms with Crippen molar-refractivity contribution in [1.82, 2.24) is 9.38 Å². The van der Waals surface area contributed by atoms with Crippen LogP contribution in [-0.4, -0.2) is 20.4 Å². The molecule has 0 aliphatic heterocycles. The first-order valence-corrected chi connectivity index (χ1v) is 6.76. The number of aromatic nitrogens is 2. The first kappa shape index (κ1) is 12.5. The number of nitrogens with two attached hydrogens (primary N) is 1. The van der Waals surface area contributed by atoms with Crippen LogP contribution in [0.25, 0.3) is 4.96 Å². The van der Waals surface area contributed by atoms with Crippen LogP contribution >= 0.6 is 11.3 Å². The van der Waals surface area contributed by atoms with Gasteiger partial charge < -0.3 is 15.7 Å². The number of rotatable bonds is 4. The zero-order valence-electron chi connectivity index (χ0n) is 10.4. The van der Waals surface area contributed by atoms with Crippen LogP contribution in [0.3, 0.4) is 0 Å². The van der Waals surface area contributed by atoms with E-state index in [9.17, 15) is 0 Å². The van der Waals surface area contributed by atoms with Crippen LogP contribution in [0.2, 0.25) is 0 Å². The molecule has 0 amide bonds. The predicted octanol–water partition coefficient (Wildman–Crippen LogP) is 2.07. The summed E-state index contributed by atoms with van der Waals surface area (Å²) in [5.41, 5.74) is 7.00. The van der Waals surface area contributed by atoms with Gasteiger partial charge in [0.05, 0.1) is 5.69 Å². The van der Waals surface area contributed by atoms with Crippen molar-refractivity contribution in [3.8, 4) is 5.75 Å². The highest BCUT2D eigenvalue weighted by Gasteiger charge is 2.05. The SMILES string of the molecule is N/C(=N/O)c1cccc(OCc2cn3ccsc3n2)c1. The van der Waals surface area contributed by atoms with Crippen LogP contribution in [0.15, 0.2) is 47.2 Å². The Hall–Kier alpha value is -2.54. The lowest BCUT2D eigenvalue weighted by Gasteiger charge is -2.05. The van der Waals surface area contributed by atoms with Gasteiger partial charge in [0.1, 0.15) is 12.4 Å². The number of thiazole rings is 1. The standard InChI is InChI=1S/C13H12N4O2S/c14-12(16-18)9-2-1-3-11(6-9)19-8-10-7-17-4-5-20-13(17)15-10/h1-7,18H,8H2,(H2,14,16). The summed E-state index contributed by atoms with van der Waals surface area (Å²) in [6.45, 7) is 0.369. The van der Waals surface area contributed by atoms with Crippen LogP contribution in [0.4, 0.5) is 0 Å². The zero-order chi connectivity index (χ0) is 13.9. The first-order chi connectivity index (χ1) is 9.76. The molecule has 0 aliphatic rings. The highest BCUT2D eigenvalue weighted by molar-refractivity contribution is 7.15. The molecule has 0 spiro atoms. The molecule has 6 nitrogen and oxygen atoms in total. The molecule has 0 fully saturated rings. The minimum atomic E-state index is 0.0537. The normalized spacial score (nSPS) is 11.9. The zero-order valence-corrected chi connectivity index (χ0v) is 11.2. The van der Waals surface area contributed by atoms with Gasteiger partial charge in [-0.2, -0.15) is 0 Å². The van der Waals surface area contributed by atoms with Crippen LogP contribution in [0.1, 0.15) is 11.3 Å². The molecule has 1 aromatic carbocycles. The molecule has 0 saturated heterocycles. The first-order valence-electron chi connectivity index (χ1n) is 5.88. The van der Waals surface area contributed by atoms with Crippen molar-refractivity contribution in [3.05, 3.63) is 53.3 Å². The number of amidine groups is 1. The second-order valence-electron chi connectivity index (χ2n) is 4.13. The second-order valence-corrected chi connectivity index (χ2v) is 5.00. The fourth-order valence-electron chi connectivity index (χ4n) is 1.81. The Morgan fingerprint density at radius 3 is 3.20 bits per heavy atom. The Morgan fingerprint density at radius 1 is 1.50 bits per heavy atom. The molecule has 3 rings (SSSR count). The number of oxime groups is 1. The minimum absolute atomic E-state index is 0.0537. The van der Waals surface area contributed by atoms with Crippen LogP contribution in [-0.2, 0) is 6.61 Å². The molecular formula is C13H12N4O2S. The number of hydrogen-bond acceptors (Lipinski definition) is 5. The minimum Gasteiger partial charge on any atom is -0.487 e. The largest absolute Gasteiger partial charge is 0.487 e. The molecule has 0 saturated carbocycles. The molecule has 2 aromatic heterocycles. The highest BCUT2D eigenvalue weighted by Crippen LogP contribution is 2.16. The summed E-state index contributed by atoms with van der Waals surface area (Å²) in [6, 6.07) is 7.06. The van der Waals surface area contributed by atoms with Gasteiger partial charge in [0.25, 0.3) is 0 Å². The molecule has 0 bridgehead atoms. The van der Waals surface area contributed by atoms with Crippen molar-refractivity contribution in [2.45, 2.75) is 6.61 Å². The summed E-state index contributed by atoms with van der Waals surface area (Å²) >= 11 is 1.58. The van der Waals surface area contributed by atoms with E-state index < -0.39 is 0 Å². The maximum atomic E-state index is 8.65. The Kier molecular flexibility index (Phi) is 3.26. The van der Waals surface area contributed by atoms with Gasteiger partial charge in [-0.15, -0.1) is 11.3 Å². The Bertz CT molecular complexity index is 734. The fourth-order valence-corrected chi connectivity index (χ4v) is 2.52. The van der Waals surface area contributed by atoms with Gasteiger partial charge in [-0.25, -0.2) is 4.98 Å². The second kappa shape index (κ2) is 5.22. The average Bonchev–Trinajstić information content (AvgIpc) is 3.05. The predicted molar refractivity (Wildman–Crippen MR) is 76.4 cm³/mol. The quantitative estimate of drug-likeness (QED) is 0.333. The van der Waals surface area contributed by atoms with Gasteiger partial charge in [-0.1, -0.05) is 17.3 Å². The molecule has 2 heterocycles. The molecule has 7 heteroatoms. The van der Waals surface area contributed by atoms with Crippen LogP contribution < -0.4 is 10.5 Å². The van der Waals surface area contributed by atoms with E-state index in [-0.39, 0.29) is 5.84 Å². The van der Waals surface area contributed by atoms with Crippen molar-refractivity contribution in [2.24, 2.45) is 10.9 Å². The lowest BCUT2D eigenvalue weighted by atomic mass is 10.2. The third kappa shape index (κ3) is 2.43. The van der Waals surface area contributed by atoms with E-state index in [1.54, 1.807) is 29.5 Å². The summed E-state index contributed by atoms with van der Waals surface area (Å²) < 4.78 is 7.62. The molecule has 20 heavy (non-hydrogen) atoms. The van der Waals surface area contributed by atoms with Gasteiger partial charge in [-0.05, 0) is 12.1 Å². The van der Waals surface area contributed by atoms with Gasteiger partial charge >= 0.3 is 0 Å². The summed E-state index contributed by atoms with van der Waals surface area (Å²) in [4.78, 5) is 5.37. The van der Waals surface area contributed by atoms with Crippen molar-refractivity contribution < 1.29 is 9.94 Å². The van der Waals surface area contributed by atoms with Gasteiger partial charge in [0.15, 0.2) is 10.8 Å². The Balaban J connectivity index is 1.73. The van der Waals surface area contributed by atoms with Crippen molar-refractivity contribution in [1.29, 1.82) is 0 Å². The molecule has 0 aliphatic carbocycles. The summed E-state index contributed by atoms with van der Waals surface area (Å²) in [6.07, 6.45) is 3.88. The smallest absolute Gasteiger partial charge is 0.193 e. The lowest BCUT2D eigenvalue weighted by Crippen LogP contribution is -2.12. The Labute approximate surface area is 118 Å². The van der Waals surface area contributed by atoms with E-state index in [0.29, 0.717) is 17.9 Å². The molecular weight excluding hydrogens is 276 g/mol. The molecule has 3 aromatic rings. The molecule has 0 atom stereocenters. The number of hydrogen-bond donors (Lipinski definition) is 2. The number of ether oxygens (including phenoxy) is 1.